The predicted molar refractivity (Wildman–Crippen MR) is 102 cm³/mol. The van der Waals surface area contributed by atoms with Crippen molar-refractivity contribution >= 4 is 0 Å². The second kappa shape index (κ2) is 10.3. The Morgan fingerprint density at radius 1 is 1.28 bits per heavy atom. The minimum Gasteiger partial charge on any atom is -0.500 e. The number of likely N-dealkylation sites (N-methyl/N-ethyl adjacent to an activating group) is 1. The van der Waals surface area contributed by atoms with Gasteiger partial charge < -0.3 is 19.8 Å². The summed E-state index contributed by atoms with van der Waals surface area (Å²) < 4.78 is 5.68. The smallest absolute Gasteiger partial charge is 0.0999 e. The Bertz CT molecular complexity index is 446. The number of hydrogen-bond donors (Lipinski definition) is 2. The third-order valence-electron chi connectivity index (χ3n) is 5.68. The molecule has 0 aromatic rings. The zero-order valence-corrected chi connectivity index (χ0v) is 16.2. The van der Waals surface area contributed by atoms with Crippen LogP contribution in [0.3, 0.4) is 0 Å². The second-order valence-corrected chi connectivity index (χ2v) is 8.11. The Morgan fingerprint density at radius 2 is 2.08 bits per heavy atom. The number of ether oxygens (including phenoxy) is 1. The zero-order valence-electron chi connectivity index (χ0n) is 16.2. The van der Waals surface area contributed by atoms with Gasteiger partial charge in [0, 0.05) is 12.5 Å². The molecule has 0 aromatic heterocycles. The normalized spacial score (nSPS) is 32.0. The Balaban J connectivity index is 1.82. The summed E-state index contributed by atoms with van der Waals surface area (Å²) in [6.07, 6.45) is 12.5. The minimum atomic E-state index is -0.372. The maximum Gasteiger partial charge on any atom is 0.0999 e. The summed E-state index contributed by atoms with van der Waals surface area (Å²) in [7, 11) is 4.09. The van der Waals surface area contributed by atoms with Crippen molar-refractivity contribution in [3.63, 3.8) is 0 Å². The highest BCUT2D eigenvalue weighted by Gasteiger charge is 2.45. The summed E-state index contributed by atoms with van der Waals surface area (Å²) in [4.78, 5) is 2.12. The molecule has 2 aliphatic rings. The molecule has 2 saturated carbocycles. The lowest BCUT2D eigenvalue weighted by molar-refractivity contribution is 0.138. The van der Waals surface area contributed by atoms with Gasteiger partial charge in [-0.3, -0.25) is 0 Å². The fraction of sp³-hybridized carbons (Fsp3) is 0.810. The first-order valence-electron chi connectivity index (χ1n) is 10.00. The first-order chi connectivity index (χ1) is 12.0. The number of nitrogens with zero attached hydrogens (tertiary/aromatic N) is 1. The van der Waals surface area contributed by atoms with E-state index in [1.54, 1.807) is 0 Å². The number of fused-ring (bicyclic) bond motifs is 1. The molecule has 0 amide bonds. The number of rotatable bonds is 10. The highest BCUT2D eigenvalue weighted by atomic mass is 16.5. The number of hydrogen-bond acceptors (Lipinski definition) is 4. The van der Waals surface area contributed by atoms with E-state index >= 15 is 0 Å². The maximum atomic E-state index is 10.4. The molecule has 0 aromatic carbocycles. The number of aliphatic hydroxyl groups is 2. The van der Waals surface area contributed by atoms with Crippen LogP contribution in [0.5, 0.6) is 0 Å². The van der Waals surface area contributed by atoms with E-state index < -0.39 is 0 Å². The highest BCUT2D eigenvalue weighted by molar-refractivity contribution is 5.16. The highest BCUT2D eigenvalue weighted by Crippen LogP contribution is 2.50. The van der Waals surface area contributed by atoms with E-state index in [9.17, 15) is 10.2 Å². The van der Waals surface area contributed by atoms with Crippen LogP contribution in [0.2, 0.25) is 0 Å². The zero-order chi connectivity index (χ0) is 18.2. The van der Waals surface area contributed by atoms with Crippen LogP contribution in [-0.4, -0.2) is 54.6 Å². The van der Waals surface area contributed by atoms with Crippen LogP contribution < -0.4 is 0 Å². The van der Waals surface area contributed by atoms with Crippen molar-refractivity contribution in [2.75, 3.05) is 27.2 Å². The molecule has 0 saturated heterocycles. The summed E-state index contributed by atoms with van der Waals surface area (Å²) >= 11 is 0. The molecule has 0 unspecified atom stereocenters. The van der Waals surface area contributed by atoms with Crippen LogP contribution in [-0.2, 0) is 4.74 Å². The van der Waals surface area contributed by atoms with Gasteiger partial charge in [0.2, 0.25) is 0 Å². The van der Waals surface area contributed by atoms with Gasteiger partial charge in [-0.15, -0.1) is 0 Å². The van der Waals surface area contributed by atoms with Crippen LogP contribution in [0.25, 0.3) is 0 Å². The Kier molecular flexibility index (Phi) is 8.47. The standard InChI is InChI=1S/C21H37NO3/c1-4-5-6-7-18(23)8-9-19-20-13-16(12-17(20)14-21(19)24)15-25-11-10-22(2)3/h8-9,15,17-21,23-24H,4-7,10-14H2,1-3H3/b9-8+,16-15+/t17-,18-,19+,20-,21+/m0/s1. The third kappa shape index (κ3) is 6.43. The molecule has 4 heteroatoms. The van der Waals surface area contributed by atoms with Crippen LogP contribution in [0.1, 0.15) is 51.9 Å². The summed E-state index contributed by atoms with van der Waals surface area (Å²) in [5.74, 6) is 1.24. The Labute approximate surface area is 153 Å². The lowest BCUT2D eigenvalue weighted by Gasteiger charge is -2.17. The first-order valence-corrected chi connectivity index (χ1v) is 10.00. The van der Waals surface area contributed by atoms with E-state index in [1.807, 2.05) is 26.4 Å². The van der Waals surface area contributed by atoms with Crippen LogP contribution in [0.4, 0.5) is 0 Å². The molecule has 25 heavy (non-hydrogen) atoms. The fourth-order valence-corrected chi connectivity index (χ4v) is 4.24. The molecule has 0 spiro atoms. The summed E-state index contributed by atoms with van der Waals surface area (Å²) in [5, 5.41) is 20.5. The molecule has 144 valence electrons. The molecule has 5 atom stereocenters. The number of allylic oxidation sites excluding steroid dienone is 1. The average molecular weight is 352 g/mol. The van der Waals surface area contributed by atoms with Crippen LogP contribution in [0, 0.1) is 17.8 Å². The predicted octanol–water partition coefficient (Wildman–Crippen LogP) is 3.35. The van der Waals surface area contributed by atoms with Crippen molar-refractivity contribution in [1.29, 1.82) is 0 Å². The van der Waals surface area contributed by atoms with Crippen LogP contribution in [0.15, 0.2) is 24.0 Å². The molecule has 0 radical (unpaired) electrons. The van der Waals surface area contributed by atoms with Crippen molar-refractivity contribution in [1.82, 2.24) is 4.90 Å². The van der Waals surface area contributed by atoms with Gasteiger partial charge in [0.15, 0.2) is 0 Å². The molecule has 0 heterocycles. The Morgan fingerprint density at radius 3 is 2.80 bits per heavy atom. The van der Waals surface area contributed by atoms with Crippen molar-refractivity contribution in [3.05, 3.63) is 24.0 Å². The molecular weight excluding hydrogens is 314 g/mol. The van der Waals surface area contributed by atoms with E-state index in [1.165, 1.54) is 18.4 Å². The van der Waals surface area contributed by atoms with E-state index in [2.05, 4.69) is 17.9 Å². The van der Waals surface area contributed by atoms with Gasteiger partial charge in [-0.05, 0) is 57.2 Å². The largest absolute Gasteiger partial charge is 0.500 e. The van der Waals surface area contributed by atoms with Gasteiger partial charge in [-0.1, -0.05) is 38.3 Å². The monoisotopic (exact) mass is 351 g/mol. The summed E-state index contributed by atoms with van der Waals surface area (Å²) in [6, 6.07) is 0. The third-order valence-corrected chi connectivity index (χ3v) is 5.68. The maximum absolute atomic E-state index is 10.4. The SMILES string of the molecule is CCCCC[C@H](O)/C=C/[C@@H]1[C@H]2C/C(=C/OCCN(C)C)C[C@H]2C[C@H]1O. The molecule has 2 rings (SSSR count). The van der Waals surface area contributed by atoms with Gasteiger partial charge in [-0.25, -0.2) is 0 Å². The van der Waals surface area contributed by atoms with Gasteiger partial charge in [0.05, 0.1) is 25.1 Å². The molecule has 0 bridgehead atoms. The summed E-state index contributed by atoms with van der Waals surface area (Å²) in [5.41, 5.74) is 1.38. The van der Waals surface area contributed by atoms with Crippen LogP contribution >= 0.6 is 0 Å². The Hall–Kier alpha value is -0.840. The van der Waals surface area contributed by atoms with Gasteiger partial charge in [0.25, 0.3) is 0 Å². The first kappa shape index (κ1) is 20.5. The molecule has 2 fully saturated rings. The molecule has 0 aliphatic heterocycles. The van der Waals surface area contributed by atoms with Crippen molar-refractivity contribution in [2.24, 2.45) is 17.8 Å². The lowest BCUT2D eigenvalue weighted by Crippen LogP contribution is -2.18. The topological polar surface area (TPSA) is 52.9 Å². The van der Waals surface area contributed by atoms with Crippen molar-refractivity contribution in [2.45, 2.75) is 64.1 Å². The molecule has 2 aliphatic carbocycles. The van der Waals surface area contributed by atoms with Gasteiger partial charge in [0.1, 0.15) is 0 Å². The van der Waals surface area contributed by atoms with Gasteiger partial charge in [-0.2, -0.15) is 0 Å². The number of unbranched alkanes of at least 4 members (excludes halogenated alkanes) is 2. The summed E-state index contributed by atoms with van der Waals surface area (Å²) in [6.45, 7) is 3.82. The van der Waals surface area contributed by atoms with Crippen molar-refractivity contribution < 1.29 is 14.9 Å². The number of aliphatic hydroxyl groups excluding tert-OH is 2. The van der Waals surface area contributed by atoms with E-state index in [-0.39, 0.29) is 18.1 Å². The van der Waals surface area contributed by atoms with E-state index in [0.29, 0.717) is 11.8 Å². The quantitative estimate of drug-likeness (QED) is 0.360. The second-order valence-electron chi connectivity index (χ2n) is 8.11. The van der Waals surface area contributed by atoms with E-state index in [0.717, 1.165) is 45.3 Å². The lowest BCUT2D eigenvalue weighted by atomic mass is 9.90. The van der Waals surface area contributed by atoms with E-state index in [4.69, 9.17) is 4.74 Å². The van der Waals surface area contributed by atoms with Gasteiger partial charge >= 0.3 is 0 Å². The molecular formula is C21H37NO3. The average Bonchev–Trinajstić information content (AvgIpc) is 3.06. The fourth-order valence-electron chi connectivity index (χ4n) is 4.24. The molecule has 4 nitrogen and oxygen atoms in total. The minimum absolute atomic E-state index is 0.179. The molecule has 2 N–H and O–H groups in total. The van der Waals surface area contributed by atoms with Crippen molar-refractivity contribution in [3.8, 4) is 0 Å².